The molecule has 0 spiro atoms. The van der Waals surface area contributed by atoms with E-state index in [0.717, 1.165) is 12.1 Å². The average molecular weight is 383 g/mol. The number of nitro benzene ring substituents is 1. The Bertz CT molecular complexity index is 955. The number of benzene rings is 1. The minimum absolute atomic E-state index is 0.0734. The zero-order valence-electron chi connectivity index (χ0n) is 14.0. The molecule has 1 saturated carbocycles. The van der Waals surface area contributed by atoms with Crippen LogP contribution in [0.25, 0.3) is 10.9 Å². The molecule has 0 bridgehead atoms. The molecule has 0 unspecified atom stereocenters. The van der Waals surface area contributed by atoms with Gasteiger partial charge in [-0.25, -0.2) is 0 Å². The second kappa shape index (κ2) is 7.01. The standard InChI is InChI=1S/C17H16F3N3O4/c18-17(19,20)12-3-1-2-4-14(12)22-16(25)11-8-15(24)21-13-6-5-9(23(26)27)7-10(11)13/h5-8,12,14H,1-4H2,(H,21,24)(H,22,25)/t12-,14-/m0/s1. The SMILES string of the molecule is O=C(N[C@H]1CCCC[C@@H]1C(F)(F)F)c1cc(=O)[nH]c2ccc([N+](=O)[O-])cc12. The second-order valence-electron chi connectivity index (χ2n) is 6.55. The van der Waals surface area contributed by atoms with Crippen LogP contribution in [0.1, 0.15) is 36.0 Å². The van der Waals surface area contributed by atoms with Crippen LogP contribution in [0.2, 0.25) is 0 Å². The minimum Gasteiger partial charge on any atom is -0.349 e. The summed E-state index contributed by atoms with van der Waals surface area (Å²) < 4.78 is 39.7. The Balaban J connectivity index is 1.98. The number of alkyl halides is 3. The number of halogens is 3. The number of hydrogen-bond acceptors (Lipinski definition) is 4. The Morgan fingerprint density at radius 3 is 2.59 bits per heavy atom. The maximum absolute atomic E-state index is 13.2. The number of aromatic amines is 1. The first-order valence-electron chi connectivity index (χ1n) is 8.36. The van der Waals surface area contributed by atoms with Gasteiger partial charge in [-0.1, -0.05) is 12.8 Å². The normalized spacial score (nSPS) is 20.4. The summed E-state index contributed by atoms with van der Waals surface area (Å²) in [5, 5.41) is 13.4. The molecule has 2 atom stereocenters. The van der Waals surface area contributed by atoms with Crippen molar-refractivity contribution < 1.29 is 22.9 Å². The number of non-ortho nitro benzene ring substituents is 1. The number of aromatic nitrogens is 1. The van der Waals surface area contributed by atoms with Gasteiger partial charge in [0.15, 0.2) is 0 Å². The van der Waals surface area contributed by atoms with Crippen LogP contribution in [0, 0.1) is 16.0 Å². The molecule has 1 aromatic carbocycles. The number of carbonyl (C=O) groups is 1. The lowest BCUT2D eigenvalue weighted by Crippen LogP contribution is -2.47. The molecule has 0 aliphatic heterocycles. The number of fused-ring (bicyclic) bond motifs is 1. The fourth-order valence-corrected chi connectivity index (χ4v) is 3.48. The second-order valence-corrected chi connectivity index (χ2v) is 6.55. The van der Waals surface area contributed by atoms with Crippen molar-refractivity contribution in [1.82, 2.24) is 10.3 Å². The quantitative estimate of drug-likeness (QED) is 0.627. The summed E-state index contributed by atoms with van der Waals surface area (Å²) in [6, 6.07) is 3.40. The van der Waals surface area contributed by atoms with Gasteiger partial charge in [-0.3, -0.25) is 19.7 Å². The van der Waals surface area contributed by atoms with Crippen LogP contribution in [0.5, 0.6) is 0 Å². The van der Waals surface area contributed by atoms with Crippen LogP contribution in [0.3, 0.4) is 0 Å². The van der Waals surface area contributed by atoms with E-state index in [9.17, 15) is 32.9 Å². The van der Waals surface area contributed by atoms with E-state index in [1.54, 1.807) is 0 Å². The van der Waals surface area contributed by atoms with E-state index in [-0.39, 0.29) is 35.0 Å². The summed E-state index contributed by atoms with van der Waals surface area (Å²) in [4.78, 5) is 37.2. The summed E-state index contributed by atoms with van der Waals surface area (Å²) in [5.74, 6) is -2.51. The molecule has 1 amide bonds. The van der Waals surface area contributed by atoms with Gasteiger partial charge >= 0.3 is 6.18 Å². The minimum atomic E-state index is -4.44. The maximum atomic E-state index is 13.2. The maximum Gasteiger partial charge on any atom is 0.393 e. The van der Waals surface area contributed by atoms with E-state index in [0.29, 0.717) is 12.8 Å². The van der Waals surface area contributed by atoms with Crippen LogP contribution in [-0.2, 0) is 0 Å². The molecule has 144 valence electrons. The Morgan fingerprint density at radius 1 is 1.22 bits per heavy atom. The van der Waals surface area contributed by atoms with Crippen molar-refractivity contribution in [2.75, 3.05) is 0 Å². The van der Waals surface area contributed by atoms with Crippen molar-refractivity contribution in [3.05, 3.63) is 50.3 Å². The molecule has 1 heterocycles. The first-order valence-corrected chi connectivity index (χ1v) is 8.36. The summed E-state index contributed by atoms with van der Waals surface area (Å²) in [6.07, 6.45) is -3.35. The lowest BCUT2D eigenvalue weighted by atomic mass is 9.84. The number of rotatable bonds is 3. The van der Waals surface area contributed by atoms with Crippen LogP contribution in [0.4, 0.5) is 18.9 Å². The molecular weight excluding hydrogens is 367 g/mol. The van der Waals surface area contributed by atoms with Crippen molar-refractivity contribution >= 4 is 22.5 Å². The summed E-state index contributed by atoms with van der Waals surface area (Å²) in [6.45, 7) is 0. The third-order valence-electron chi connectivity index (χ3n) is 4.78. The highest BCUT2D eigenvalue weighted by Crippen LogP contribution is 2.38. The summed E-state index contributed by atoms with van der Waals surface area (Å²) in [7, 11) is 0. The Labute approximate surface area is 150 Å². The van der Waals surface area contributed by atoms with E-state index >= 15 is 0 Å². The predicted octanol–water partition coefficient (Wildman–Crippen LogP) is 3.29. The molecule has 1 aliphatic rings. The van der Waals surface area contributed by atoms with Crippen LogP contribution >= 0.6 is 0 Å². The highest BCUT2D eigenvalue weighted by Gasteiger charge is 2.46. The molecule has 0 saturated heterocycles. The fraction of sp³-hybridized carbons (Fsp3) is 0.412. The monoisotopic (exact) mass is 383 g/mol. The lowest BCUT2D eigenvalue weighted by molar-refractivity contribution is -0.384. The topological polar surface area (TPSA) is 105 Å². The molecule has 1 aromatic heterocycles. The Hall–Kier alpha value is -2.91. The van der Waals surface area contributed by atoms with Crippen molar-refractivity contribution in [2.24, 2.45) is 5.92 Å². The molecule has 7 nitrogen and oxygen atoms in total. The Morgan fingerprint density at radius 2 is 1.93 bits per heavy atom. The zero-order chi connectivity index (χ0) is 19.8. The first-order chi connectivity index (χ1) is 12.7. The van der Waals surface area contributed by atoms with Gasteiger partial charge in [0.2, 0.25) is 5.56 Å². The molecule has 3 rings (SSSR count). The third kappa shape index (κ3) is 3.93. The highest BCUT2D eigenvalue weighted by atomic mass is 19.4. The number of pyridine rings is 1. The van der Waals surface area contributed by atoms with E-state index in [1.807, 2.05) is 0 Å². The van der Waals surface area contributed by atoms with Crippen molar-refractivity contribution in [3.8, 4) is 0 Å². The molecule has 1 aliphatic carbocycles. The van der Waals surface area contributed by atoms with E-state index in [2.05, 4.69) is 10.3 Å². The number of amides is 1. The van der Waals surface area contributed by atoms with Gasteiger partial charge in [-0.15, -0.1) is 0 Å². The lowest BCUT2D eigenvalue weighted by Gasteiger charge is -2.33. The summed E-state index contributed by atoms with van der Waals surface area (Å²) >= 11 is 0. The molecule has 10 heteroatoms. The molecule has 27 heavy (non-hydrogen) atoms. The van der Waals surface area contributed by atoms with Gasteiger partial charge in [-0.2, -0.15) is 13.2 Å². The first kappa shape index (κ1) is 18.9. The average Bonchev–Trinajstić information content (AvgIpc) is 2.60. The van der Waals surface area contributed by atoms with E-state index in [1.165, 1.54) is 12.1 Å². The number of carbonyl (C=O) groups excluding carboxylic acids is 1. The molecule has 1 fully saturated rings. The smallest absolute Gasteiger partial charge is 0.349 e. The van der Waals surface area contributed by atoms with Crippen LogP contribution in [-0.4, -0.2) is 28.0 Å². The predicted molar refractivity (Wildman–Crippen MR) is 90.5 cm³/mol. The van der Waals surface area contributed by atoms with Gasteiger partial charge in [0.05, 0.1) is 16.4 Å². The zero-order valence-corrected chi connectivity index (χ0v) is 14.0. The van der Waals surface area contributed by atoms with E-state index in [4.69, 9.17) is 0 Å². The number of H-pyrrole nitrogens is 1. The third-order valence-corrected chi connectivity index (χ3v) is 4.78. The van der Waals surface area contributed by atoms with Crippen LogP contribution in [0.15, 0.2) is 29.1 Å². The highest BCUT2D eigenvalue weighted by molar-refractivity contribution is 6.06. The van der Waals surface area contributed by atoms with Gasteiger partial charge in [0, 0.05) is 35.1 Å². The van der Waals surface area contributed by atoms with Crippen LogP contribution < -0.4 is 10.9 Å². The van der Waals surface area contributed by atoms with Crippen molar-refractivity contribution in [3.63, 3.8) is 0 Å². The van der Waals surface area contributed by atoms with Gasteiger partial charge < -0.3 is 10.3 Å². The van der Waals surface area contributed by atoms with Crippen molar-refractivity contribution in [2.45, 2.75) is 37.9 Å². The van der Waals surface area contributed by atoms with Crippen molar-refractivity contribution in [1.29, 1.82) is 0 Å². The largest absolute Gasteiger partial charge is 0.393 e. The van der Waals surface area contributed by atoms with Gasteiger partial charge in [-0.05, 0) is 18.9 Å². The number of nitrogens with zero attached hydrogens (tertiary/aromatic N) is 1. The van der Waals surface area contributed by atoms with Gasteiger partial charge in [0.1, 0.15) is 0 Å². The molecular formula is C17H16F3N3O4. The number of nitro groups is 1. The van der Waals surface area contributed by atoms with E-state index < -0.39 is 34.5 Å². The number of nitrogens with one attached hydrogen (secondary N) is 2. The Kier molecular flexibility index (Phi) is 4.90. The molecule has 0 radical (unpaired) electrons. The summed E-state index contributed by atoms with van der Waals surface area (Å²) in [5.41, 5.74) is -0.926. The van der Waals surface area contributed by atoms with Gasteiger partial charge in [0.25, 0.3) is 11.6 Å². The number of hydrogen-bond donors (Lipinski definition) is 2. The molecule has 2 N–H and O–H groups in total. The fourth-order valence-electron chi connectivity index (χ4n) is 3.48. The molecule has 2 aromatic rings.